The van der Waals surface area contributed by atoms with Crippen LogP contribution < -0.4 is 5.32 Å². The average molecular weight is 453 g/mol. The van der Waals surface area contributed by atoms with Crippen LogP contribution in [0.1, 0.15) is 34.3 Å². The predicted octanol–water partition coefficient (Wildman–Crippen LogP) is 5.00. The highest BCUT2D eigenvalue weighted by atomic mass is 19.4. The van der Waals surface area contributed by atoms with E-state index in [1.54, 1.807) is 4.90 Å². The number of rotatable bonds is 3. The molecule has 5 rings (SSSR count). The molecular formula is C25H22F3N3O2. The first-order chi connectivity index (χ1) is 15.9. The third kappa shape index (κ3) is 4.18. The van der Waals surface area contributed by atoms with E-state index >= 15 is 0 Å². The molecule has 5 nitrogen and oxygen atoms in total. The number of carbonyl (C=O) groups is 1. The summed E-state index contributed by atoms with van der Waals surface area (Å²) in [5.74, 6) is -0.0285. The maximum atomic E-state index is 12.9. The first-order valence-electron chi connectivity index (χ1n) is 10.8. The fourth-order valence-corrected chi connectivity index (χ4v) is 4.60. The van der Waals surface area contributed by atoms with Crippen LogP contribution in [0, 0.1) is 0 Å². The Morgan fingerprint density at radius 3 is 2.30 bits per heavy atom. The minimum absolute atomic E-state index is 0.0285. The topological polar surface area (TPSA) is 54.5 Å². The molecule has 1 aromatic heterocycles. The molecule has 1 atom stereocenters. The molecule has 2 aromatic carbocycles. The summed E-state index contributed by atoms with van der Waals surface area (Å²) in [5.41, 5.74) is 4.26. The molecule has 3 aromatic rings. The lowest BCUT2D eigenvalue weighted by Gasteiger charge is -2.33. The Morgan fingerprint density at radius 2 is 1.70 bits per heavy atom. The molecule has 1 unspecified atom stereocenters. The van der Waals surface area contributed by atoms with Crippen molar-refractivity contribution in [2.75, 3.05) is 26.2 Å². The second-order valence-electron chi connectivity index (χ2n) is 8.23. The summed E-state index contributed by atoms with van der Waals surface area (Å²) in [6.07, 6.45) is -3.70. The minimum Gasteiger partial charge on any atom is -0.448 e. The van der Waals surface area contributed by atoms with Crippen LogP contribution in [0.15, 0.2) is 66.9 Å². The summed E-state index contributed by atoms with van der Waals surface area (Å²) in [7, 11) is 0. The minimum atomic E-state index is -4.48. The van der Waals surface area contributed by atoms with Gasteiger partial charge in [0.15, 0.2) is 0 Å². The molecule has 0 radical (unpaired) electrons. The number of amides is 1. The van der Waals surface area contributed by atoms with E-state index in [1.807, 2.05) is 24.3 Å². The van der Waals surface area contributed by atoms with Gasteiger partial charge in [0, 0.05) is 31.7 Å². The number of pyridine rings is 1. The third-order valence-corrected chi connectivity index (χ3v) is 6.25. The highest BCUT2D eigenvalue weighted by Crippen LogP contribution is 2.44. The summed E-state index contributed by atoms with van der Waals surface area (Å²) < 4.78 is 44.1. The lowest BCUT2D eigenvalue weighted by molar-refractivity contribution is -0.141. The molecule has 1 aliphatic carbocycles. The van der Waals surface area contributed by atoms with E-state index in [0.717, 1.165) is 28.3 Å². The monoisotopic (exact) mass is 453 g/mol. The van der Waals surface area contributed by atoms with Gasteiger partial charge in [0.1, 0.15) is 12.3 Å². The van der Waals surface area contributed by atoms with Crippen LogP contribution in [-0.4, -0.2) is 42.2 Å². The lowest BCUT2D eigenvalue weighted by atomic mass is 9.98. The summed E-state index contributed by atoms with van der Waals surface area (Å²) in [6, 6.07) is 18.3. The van der Waals surface area contributed by atoms with E-state index in [0.29, 0.717) is 25.2 Å². The molecule has 2 aliphatic rings. The molecule has 1 saturated heterocycles. The molecule has 1 fully saturated rings. The zero-order valence-electron chi connectivity index (χ0n) is 17.7. The van der Waals surface area contributed by atoms with Gasteiger partial charge in [0.25, 0.3) is 0 Å². The molecule has 0 saturated carbocycles. The Hall–Kier alpha value is -3.39. The van der Waals surface area contributed by atoms with Crippen LogP contribution in [0.5, 0.6) is 0 Å². The van der Waals surface area contributed by atoms with Gasteiger partial charge >= 0.3 is 12.3 Å². The second-order valence-corrected chi connectivity index (χ2v) is 8.23. The molecule has 0 spiro atoms. The largest absolute Gasteiger partial charge is 0.448 e. The lowest BCUT2D eigenvalue weighted by Crippen LogP contribution is -2.48. The van der Waals surface area contributed by atoms with Gasteiger partial charge in [-0.2, -0.15) is 13.2 Å². The average Bonchev–Trinajstić information content (AvgIpc) is 3.16. The van der Waals surface area contributed by atoms with Crippen molar-refractivity contribution in [2.24, 2.45) is 0 Å². The summed E-state index contributed by atoms with van der Waals surface area (Å²) >= 11 is 0. The van der Waals surface area contributed by atoms with E-state index in [9.17, 15) is 18.0 Å². The normalized spacial score (nSPS) is 18.0. The Morgan fingerprint density at radius 1 is 1.03 bits per heavy atom. The fourth-order valence-electron chi connectivity index (χ4n) is 4.60. The number of piperazine rings is 1. The van der Waals surface area contributed by atoms with E-state index in [4.69, 9.17) is 4.74 Å². The Bertz CT molecular complexity index is 1120. The van der Waals surface area contributed by atoms with E-state index < -0.39 is 18.0 Å². The number of aromatic nitrogens is 1. The number of fused-ring (bicyclic) bond motifs is 3. The number of benzene rings is 2. The number of hydrogen-bond acceptors (Lipinski definition) is 4. The van der Waals surface area contributed by atoms with Crippen molar-refractivity contribution in [3.8, 4) is 11.1 Å². The molecule has 1 N–H and O–H groups in total. The van der Waals surface area contributed by atoms with E-state index in [2.05, 4.69) is 34.6 Å². The molecule has 1 amide bonds. The van der Waals surface area contributed by atoms with Gasteiger partial charge < -0.3 is 15.0 Å². The maximum Gasteiger partial charge on any atom is 0.433 e. The molecule has 8 heteroatoms. The number of alkyl halides is 3. The van der Waals surface area contributed by atoms with Gasteiger partial charge in [-0.05, 0) is 33.9 Å². The zero-order valence-corrected chi connectivity index (χ0v) is 17.7. The smallest absolute Gasteiger partial charge is 0.433 e. The number of hydrogen-bond donors (Lipinski definition) is 1. The Labute approximate surface area is 189 Å². The summed E-state index contributed by atoms with van der Waals surface area (Å²) in [4.78, 5) is 18.0. The van der Waals surface area contributed by atoms with Gasteiger partial charge in [-0.1, -0.05) is 54.6 Å². The van der Waals surface area contributed by atoms with Gasteiger partial charge in [-0.3, -0.25) is 4.98 Å². The first-order valence-corrected chi connectivity index (χ1v) is 10.8. The van der Waals surface area contributed by atoms with Crippen molar-refractivity contribution in [1.29, 1.82) is 0 Å². The van der Waals surface area contributed by atoms with Crippen LogP contribution in [0.4, 0.5) is 18.0 Å². The van der Waals surface area contributed by atoms with Gasteiger partial charge in [-0.15, -0.1) is 0 Å². The van der Waals surface area contributed by atoms with Crippen LogP contribution in [-0.2, 0) is 10.9 Å². The number of halogens is 3. The van der Waals surface area contributed by atoms with Crippen LogP contribution >= 0.6 is 0 Å². The molecule has 2 heterocycles. The quantitative estimate of drug-likeness (QED) is 0.607. The van der Waals surface area contributed by atoms with Gasteiger partial charge in [-0.25, -0.2) is 4.79 Å². The van der Waals surface area contributed by atoms with Crippen molar-refractivity contribution >= 4 is 6.09 Å². The van der Waals surface area contributed by atoms with Crippen LogP contribution in [0.2, 0.25) is 0 Å². The molecular weight excluding hydrogens is 431 g/mol. The predicted molar refractivity (Wildman–Crippen MR) is 117 cm³/mol. The van der Waals surface area contributed by atoms with Crippen molar-refractivity contribution in [3.05, 3.63) is 89.2 Å². The number of carbonyl (C=O) groups excluding carboxylic acids is 1. The second kappa shape index (κ2) is 8.51. The molecule has 0 bridgehead atoms. The summed E-state index contributed by atoms with van der Waals surface area (Å²) in [6.45, 7) is 1.49. The maximum absolute atomic E-state index is 12.9. The number of nitrogens with one attached hydrogen (secondary N) is 1. The molecule has 170 valence electrons. The van der Waals surface area contributed by atoms with Crippen molar-refractivity contribution in [3.63, 3.8) is 0 Å². The standard InChI is InChI=1S/C25H22F3N3O2/c26-25(27,28)23-10-9-16(13-30-23)22-14-31(12-11-29-22)24(32)33-15-21-19-7-3-1-5-17(19)18-6-2-4-8-20(18)21/h1-10,13,21-22,29H,11-12,14-15H2. The van der Waals surface area contributed by atoms with Crippen molar-refractivity contribution < 1.29 is 22.7 Å². The summed E-state index contributed by atoms with van der Waals surface area (Å²) in [5, 5.41) is 3.23. The van der Waals surface area contributed by atoms with Gasteiger partial charge in [0.05, 0.1) is 6.04 Å². The molecule has 1 aliphatic heterocycles. The van der Waals surface area contributed by atoms with Gasteiger partial charge in [0.2, 0.25) is 0 Å². The zero-order chi connectivity index (χ0) is 23.0. The highest BCUT2D eigenvalue weighted by molar-refractivity contribution is 5.79. The van der Waals surface area contributed by atoms with E-state index in [-0.39, 0.29) is 18.6 Å². The Kier molecular flexibility index (Phi) is 5.54. The first kappa shape index (κ1) is 21.5. The van der Waals surface area contributed by atoms with Crippen molar-refractivity contribution in [2.45, 2.75) is 18.1 Å². The third-order valence-electron chi connectivity index (χ3n) is 6.25. The SMILES string of the molecule is O=C(OCC1c2ccccc2-c2ccccc21)N1CCNC(c2ccc(C(F)(F)F)nc2)C1. The fraction of sp³-hybridized carbons (Fsp3) is 0.280. The molecule has 33 heavy (non-hydrogen) atoms. The number of ether oxygens (including phenoxy) is 1. The van der Waals surface area contributed by atoms with Crippen LogP contribution in [0.25, 0.3) is 11.1 Å². The van der Waals surface area contributed by atoms with Crippen LogP contribution in [0.3, 0.4) is 0 Å². The van der Waals surface area contributed by atoms with E-state index in [1.165, 1.54) is 12.3 Å². The number of nitrogens with zero attached hydrogens (tertiary/aromatic N) is 2. The highest BCUT2D eigenvalue weighted by Gasteiger charge is 2.33. The Balaban J connectivity index is 1.25. The van der Waals surface area contributed by atoms with Crippen molar-refractivity contribution in [1.82, 2.24) is 15.2 Å².